The monoisotopic (exact) mass is 434 g/mol. The zero-order valence-corrected chi connectivity index (χ0v) is 16.6. The number of halogens is 2. The number of imide groups is 1. The summed E-state index contributed by atoms with van der Waals surface area (Å²) in [5.74, 6) is 0. The largest absolute Gasteiger partial charge is 0.339 e. The van der Waals surface area contributed by atoms with Crippen molar-refractivity contribution in [3.8, 4) is 0 Å². The lowest BCUT2D eigenvalue weighted by molar-refractivity contribution is -0.493. The van der Waals surface area contributed by atoms with Gasteiger partial charge in [0.15, 0.2) is 5.66 Å². The number of nitro groups is 1. The molecule has 1 atom stereocenters. The van der Waals surface area contributed by atoms with Crippen LogP contribution in [0.3, 0.4) is 0 Å². The molecule has 0 N–H and O–H groups in total. The minimum Gasteiger partial charge on any atom is -0.294 e. The van der Waals surface area contributed by atoms with Crippen molar-refractivity contribution in [3.05, 3.63) is 68.7 Å². The van der Waals surface area contributed by atoms with Gasteiger partial charge in [0, 0.05) is 27.2 Å². The van der Waals surface area contributed by atoms with Gasteiger partial charge in [-0.1, -0.05) is 23.2 Å². The van der Waals surface area contributed by atoms with E-state index in [4.69, 9.17) is 23.2 Å². The van der Waals surface area contributed by atoms with E-state index in [1.807, 2.05) is 0 Å². The van der Waals surface area contributed by atoms with Gasteiger partial charge >= 0.3 is 12.1 Å². The Hall–Kier alpha value is -2.84. The lowest BCUT2D eigenvalue weighted by atomic mass is 10.0. The van der Waals surface area contributed by atoms with Crippen LogP contribution >= 0.6 is 23.2 Å². The first kappa shape index (κ1) is 19.5. The second-order valence-electron chi connectivity index (χ2n) is 6.92. The molecular formula is C19H16Cl2N4O4. The third-order valence-corrected chi connectivity index (χ3v) is 5.74. The van der Waals surface area contributed by atoms with Crippen molar-refractivity contribution in [2.45, 2.75) is 18.5 Å². The number of nitrogens with zero attached hydrogens (tertiary/aromatic N) is 4. The smallest absolute Gasteiger partial charge is 0.294 e. The Morgan fingerprint density at radius 3 is 2.03 bits per heavy atom. The van der Waals surface area contributed by atoms with Gasteiger partial charge in [-0.15, -0.1) is 0 Å². The minimum absolute atomic E-state index is 0.308. The van der Waals surface area contributed by atoms with Gasteiger partial charge < -0.3 is 0 Å². The fourth-order valence-corrected chi connectivity index (χ4v) is 4.30. The van der Waals surface area contributed by atoms with Crippen molar-refractivity contribution in [2.75, 3.05) is 22.9 Å². The third kappa shape index (κ3) is 3.18. The van der Waals surface area contributed by atoms with Crippen LogP contribution in [0.25, 0.3) is 0 Å². The topological polar surface area (TPSA) is 87.0 Å². The van der Waals surface area contributed by atoms with Gasteiger partial charge in [0.1, 0.15) is 0 Å². The van der Waals surface area contributed by atoms with Crippen LogP contribution in [-0.2, 0) is 0 Å². The molecule has 2 aromatic carbocycles. The number of anilines is 2. The summed E-state index contributed by atoms with van der Waals surface area (Å²) >= 11 is 11.9. The Bertz CT molecular complexity index is 983. The number of hydrogen-bond acceptors (Lipinski definition) is 4. The van der Waals surface area contributed by atoms with E-state index in [0.29, 0.717) is 40.8 Å². The molecule has 0 bridgehead atoms. The van der Waals surface area contributed by atoms with E-state index in [-0.39, 0.29) is 0 Å². The van der Waals surface area contributed by atoms with Crippen LogP contribution in [0.15, 0.2) is 48.5 Å². The number of benzene rings is 2. The van der Waals surface area contributed by atoms with Crippen LogP contribution in [0.5, 0.6) is 0 Å². The van der Waals surface area contributed by atoms with E-state index < -0.39 is 29.2 Å². The average Bonchev–Trinajstić information content (AvgIpc) is 3.08. The molecule has 0 saturated carbocycles. The first-order valence-corrected chi connectivity index (χ1v) is 9.68. The molecule has 4 amide bonds. The normalized spacial score (nSPS) is 21.5. The molecule has 0 aliphatic carbocycles. The molecule has 0 unspecified atom stereocenters. The molecule has 2 aliphatic rings. The van der Waals surface area contributed by atoms with Crippen molar-refractivity contribution in [1.29, 1.82) is 0 Å². The van der Waals surface area contributed by atoms with Crippen molar-refractivity contribution >= 4 is 46.6 Å². The second kappa shape index (κ2) is 7.20. The molecule has 2 saturated heterocycles. The van der Waals surface area contributed by atoms with E-state index in [0.717, 1.165) is 4.90 Å². The lowest BCUT2D eigenvalue weighted by Crippen LogP contribution is -2.74. The van der Waals surface area contributed by atoms with E-state index in [1.165, 1.54) is 9.80 Å². The maximum absolute atomic E-state index is 13.6. The van der Waals surface area contributed by atoms with Gasteiger partial charge in [-0.25, -0.2) is 14.5 Å². The number of fused-ring (bicyclic) bond motifs is 1. The number of carbonyl (C=O) groups excluding carboxylic acids is 2. The number of rotatable bonds is 4. The lowest BCUT2D eigenvalue weighted by Gasteiger charge is -2.50. The van der Waals surface area contributed by atoms with Crippen molar-refractivity contribution in [1.82, 2.24) is 4.90 Å². The van der Waals surface area contributed by atoms with Gasteiger partial charge in [0.05, 0.1) is 5.69 Å². The molecule has 150 valence electrons. The summed E-state index contributed by atoms with van der Waals surface area (Å²) in [6.07, 6.45) is 0.855. The molecule has 0 spiro atoms. The highest BCUT2D eigenvalue weighted by atomic mass is 35.5. The quantitative estimate of drug-likeness (QED) is 0.518. The van der Waals surface area contributed by atoms with Crippen molar-refractivity contribution < 1.29 is 14.5 Å². The summed E-state index contributed by atoms with van der Waals surface area (Å²) in [7, 11) is 0. The molecule has 2 fully saturated rings. The van der Waals surface area contributed by atoms with Crippen LogP contribution in [0.2, 0.25) is 10.0 Å². The Morgan fingerprint density at radius 1 is 0.931 bits per heavy atom. The van der Waals surface area contributed by atoms with Gasteiger partial charge in [-0.2, -0.15) is 0 Å². The van der Waals surface area contributed by atoms with Gasteiger partial charge in [-0.05, 0) is 61.4 Å². The fourth-order valence-electron chi connectivity index (χ4n) is 4.04. The van der Waals surface area contributed by atoms with E-state index in [9.17, 15) is 19.7 Å². The summed E-state index contributed by atoms with van der Waals surface area (Å²) in [6.45, 7) is -0.254. The third-order valence-electron chi connectivity index (χ3n) is 5.23. The Morgan fingerprint density at radius 2 is 1.48 bits per heavy atom. The maximum atomic E-state index is 13.6. The van der Waals surface area contributed by atoms with E-state index >= 15 is 0 Å². The molecular weight excluding hydrogens is 419 g/mol. The summed E-state index contributed by atoms with van der Waals surface area (Å²) in [6, 6.07) is 11.5. The first-order chi connectivity index (χ1) is 13.8. The van der Waals surface area contributed by atoms with Crippen molar-refractivity contribution in [3.63, 3.8) is 0 Å². The molecule has 10 heteroatoms. The fraction of sp³-hybridized carbons (Fsp3) is 0.263. The Balaban J connectivity index is 1.88. The number of amides is 4. The predicted molar refractivity (Wildman–Crippen MR) is 109 cm³/mol. The summed E-state index contributed by atoms with van der Waals surface area (Å²) in [4.78, 5) is 41.6. The van der Waals surface area contributed by atoms with E-state index in [1.54, 1.807) is 48.5 Å². The molecule has 2 heterocycles. The molecule has 29 heavy (non-hydrogen) atoms. The van der Waals surface area contributed by atoms with Gasteiger partial charge in [0.25, 0.3) is 0 Å². The number of carbonyl (C=O) groups is 2. The molecule has 0 radical (unpaired) electrons. The zero-order valence-electron chi connectivity index (χ0n) is 15.1. The van der Waals surface area contributed by atoms with E-state index in [2.05, 4.69) is 0 Å². The highest BCUT2D eigenvalue weighted by molar-refractivity contribution is 6.31. The SMILES string of the molecule is O=C1N(c2ccc(Cl)cc2)C(=O)N(c2ccc(Cl)cc2)[C@@]2(C[N+](=O)[O-])CCCN12. The van der Waals surface area contributed by atoms with Crippen LogP contribution in [-0.4, -0.2) is 40.6 Å². The molecule has 4 rings (SSSR count). The highest BCUT2D eigenvalue weighted by Gasteiger charge is 2.60. The van der Waals surface area contributed by atoms with Crippen LogP contribution in [0, 0.1) is 10.1 Å². The molecule has 2 aromatic rings. The van der Waals surface area contributed by atoms with Gasteiger partial charge in [0.2, 0.25) is 6.54 Å². The predicted octanol–water partition coefficient (Wildman–Crippen LogP) is 4.63. The number of hydrogen-bond donors (Lipinski definition) is 0. The maximum Gasteiger partial charge on any atom is 0.339 e. The number of urea groups is 2. The second-order valence-corrected chi connectivity index (χ2v) is 7.79. The summed E-state index contributed by atoms with van der Waals surface area (Å²) in [5.41, 5.74) is -0.599. The van der Waals surface area contributed by atoms with Crippen molar-refractivity contribution in [2.24, 2.45) is 0 Å². The minimum atomic E-state index is -1.37. The highest BCUT2D eigenvalue weighted by Crippen LogP contribution is 2.42. The standard InChI is InChI=1S/C19H16Cl2N4O4/c20-13-2-6-15(7-3-13)24-17(26)22-11-1-10-19(22,12-23(28)29)25(18(24)27)16-8-4-14(21)5-9-16/h2-9H,1,10-12H2/t19-/m1/s1. The molecule has 2 aliphatic heterocycles. The summed E-state index contributed by atoms with van der Waals surface area (Å²) < 4.78 is 0. The molecule has 0 aromatic heterocycles. The molecule has 8 nitrogen and oxygen atoms in total. The Kier molecular flexibility index (Phi) is 4.84. The van der Waals surface area contributed by atoms with Crippen LogP contribution in [0.4, 0.5) is 21.0 Å². The average molecular weight is 435 g/mol. The summed E-state index contributed by atoms with van der Waals surface area (Å²) in [5, 5.41) is 12.4. The first-order valence-electron chi connectivity index (χ1n) is 8.92. The van der Waals surface area contributed by atoms with Crippen LogP contribution < -0.4 is 9.80 Å². The Labute approximate surface area is 176 Å². The van der Waals surface area contributed by atoms with Crippen LogP contribution in [0.1, 0.15) is 12.8 Å². The van der Waals surface area contributed by atoms with Gasteiger partial charge in [-0.3, -0.25) is 19.9 Å². The zero-order chi connectivity index (χ0) is 20.8.